The number of hydrogen-bond donors (Lipinski definition) is 2. The number of amides is 1. The number of hydrogen-bond acceptors (Lipinski definition) is 6. The molecule has 2 heterocycles. The van der Waals surface area contributed by atoms with Gasteiger partial charge in [0.1, 0.15) is 29.6 Å². The molecule has 1 aliphatic heterocycles. The van der Waals surface area contributed by atoms with Gasteiger partial charge in [0.05, 0.1) is 18.4 Å². The molecule has 0 radical (unpaired) electrons. The molecule has 5 rings (SSSR count). The lowest BCUT2D eigenvalue weighted by atomic mass is 9.94. The lowest BCUT2D eigenvalue weighted by molar-refractivity contribution is -0.113. The van der Waals surface area contributed by atoms with Crippen LogP contribution in [-0.4, -0.2) is 27.8 Å². The van der Waals surface area contributed by atoms with Crippen molar-refractivity contribution in [3.8, 4) is 17.2 Å². The Morgan fingerprint density at radius 1 is 1.00 bits per heavy atom. The van der Waals surface area contributed by atoms with Crippen molar-refractivity contribution < 1.29 is 14.3 Å². The van der Waals surface area contributed by atoms with Crippen LogP contribution in [0.2, 0.25) is 0 Å². The minimum absolute atomic E-state index is 0.268. The normalized spacial score (nSPS) is 14.7. The van der Waals surface area contributed by atoms with Crippen molar-refractivity contribution in [3.05, 3.63) is 102 Å². The van der Waals surface area contributed by atoms with Crippen LogP contribution in [0.5, 0.6) is 17.2 Å². The number of para-hydroxylation sites is 3. The van der Waals surface area contributed by atoms with E-state index in [4.69, 9.17) is 9.47 Å². The first-order chi connectivity index (χ1) is 16.6. The minimum Gasteiger partial charge on any atom is -0.495 e. The quantitative estimate of drug-likeness (QED) is 0.427. The number of allylic oxidation sites excluding steroid dienone is 1. The zero-order valence-electron chi connectivity index (χ0n) is 18.7. The van der Waals surface area contributed by atoms with Crippen molar-refractivity contribution >= 4 is 17.5 Å². The summed E-state index contributed by atoms with van der Waals surface area (Å²) in [6.45, 7) is 1.85. The smallest absolute Gasteiger partial charge is 0.255 e. The lowest BCUT2D eigenvalue weighted by Crippen LogP contribution is -2.31. The average Bonchev–Trinajstić information content (AvgIpc) is 3.32. The molecule has 1 aliphatic rings. The van der Waals surface area contributed by atoms with Crippen molar-refractivity contribution in [1.82, 2.24) is 14.8 Å². The second kappa shape index (κ2) is 9.11. The Kier molecular flexibility index (Phi) is 5.70. The molecule has 8 nitrogen and oxygen atoms in total. The third kappa shape index (κ3) is 4.09. The number of carbonyl (C=O) groups excluding carboxylic acids is 1. The predicted molar refractivity (Wildman–Crippen MR) is 129 cm³/mol. The summed E-state index contributed by atoms with van der Waals surface area (Å²) in [5.74, 6) is 2.26. The predicted octanol–water partition coefficient (Wildman–Crippen LogP) is 5.01. The summed E-state index contributed by atoms with van der Waals surface area (Å²) in [4.78, 5) is 17.9. The first kappa shape index (κ1) is 21.3. The number of methoxy groups -OCH3 is 1. The van der Waals surface area contributed by atoms with Crippen LogP contribution in [0.4, 0.5) is 11.6 Å². The van der Waals surface area contributed by atoms with Crippen molar-refractivity contribution in [1.29, 1.82) is 0 Å². The van der Waals surface area contributed by atoms with Gasteiger partial charge >= 0.3 is 0 Å². The summed E-state index contributed by atoms with van der Waals surface area (Å²) in [5.41, 5.74) is 2.62. The van der Waals surface area contributed by atoms with Crippen LogP contribution in [0.25, 0.3) is 0 Å². The van der Waals surface area contributed by atoms with Gasteiger partial charge in [-0.05, 0) is 48.9 Å². The Bertz CT molecular complexity index is 1360. The van der Waals surface area contributed by atoms with Gasteiger partial charge in [-0.15, -0.1) is 0 Å². The standard InChI is InChI=1S/C26H23N5O3/c1-17-23(25(32)30-21-13-6-7-14-22(21)33-2)24(31-26(29-17)27-16-28-31)18-9-8-12-20(15-18)34-19-10-4-3-5-11-19/h3-16,24H,1-2H3,(H,30,32)(H,27,28,29). The van der Waals surface area contributed by atoms with Gasteiger partial charge in [-0.3, -0.25) is 4.79 Å². The maximum Gasteiger partial charge on any atom is 0.255 e. The number of anilines is 2. The summed E-state index contributed by atoms with van der Waals surface area (Å²) in [6.07, 6.45) is 1.47. The highest BCUT2D eigenvalue weighted by Gasteiger charge is 2.34. The second-order valence-corrected chi connectivity index (χ2v) is 7.74. The molecular weight excluding hydrogens is 430 g/mol. The van der Waals surface area contributed by atoms with Crippen LogP contribution < -0.4 is 20.1 Å². The fourth-order valence-corrected chi connectivity index (χ4v) is 4.00. The second-order valence-electron chi connectivity index (χ2n) is 7.74. The molecular formula is C26H23N5O3. The van der Waals surface area contributed by atoms with E-state index in [1.54, 1.807) is 23.9 Å². The van der Waals surface area contributed by atoms with Gasteiger partial charge in [0.25, 0.3) is 5.91 Å². The number of nitrogens with zero attached hydrogens (tertiary/aromatic N) is 3. The number of benzene rings is 3. The highest BCUT2D eigenvalue weighted by Crippen LogP contribution is 2.37. The molecule has 8 heteroatoms. The van der Waals surface area contributed by atoms with Gasteiger partial charge in [0.2, 0.25) is 5.95 Å². The number of carbonyl (C=O) groups is 1. The van der Waals surface area contributed by atoms with E-state index in [-0.39, 0.29) is 5.91 Å². The van der Waals surface area contributed by atoms with Crippen LogP contribution in [0.1, 0.15) is 18.5 Å². The molecule has 1 aromatic heterocycles. The van der Waals surface area contributed by atoms with Crippen LogP contribution in [0, 0.1) is 0 Å². The molecule has 34 heavy (non-hydrogen) atoms. The van der Waals surface area contributed by atoms with E-state index in [9.17, 15) is 4.79 Å². The van der Waals surface area contributed by atoms with E-state index in [0.717, 1.165) is 11.3 Å². The van der Waals surface area contributed by atoms with Gasteiger partial charge in [-0.25, -0.2) is 4.68 Å². The van der Waals surface area contributed by atoms with Crippen LogP contribution in [0.15, 0.2) is 96.5 Å². The summed E-state index contributed by atoms with van der Waals surface area (Å²) >= 11 is 0. The Morgan fingerprint density at radius 2 is 1.76 bits per heavy atom. The van der Waals surface area contributed by atoms with Gasteiger partial charge in [0, 0.05) is 5.70 Å². The van der Waals surface area contributed by atoms with Crippen molar-refractivity contribution in [2.24, 2.45) is 0 Å². The van der Waals surface area contributed by atoms with E-state index in [1.165, 1.54) is 6.33 Å². The maximum absolute atomic E-state index is 13.6. The average molecular weight is 454 g/mol. The first-order valence-electron chi connectivity index (χ1n) is 10.8. The van der Waals surface area contributed by atoms with E-state index in [1.807, 2.05) is 73.7 Å². The number of fused-ring (bicyclic) bond motifs is 1. The van der Waals surface area contributed by atoms with Crippen LogP contribution >= 0.6 is 0 Å². The number of rotatable bonds is 6. The lowest BCUT2D eigenvalue weighted by Gasteiger charge is -2.29. The molecule has 0 spiro atoms. The molecule has 1 atom stereocenters. The van der Waals surface area contributed by atoms with Gasteiger partial charge in [-0.1, -0.05) is 42.5 Å². The van der Waals surface area contributed by atoms with Crippen molar-refractivity contribution in [2.45, 2.75) is 13.0 Å². The van der Waals surface area contributed by atoms with Gasteiger partial charge in [0.15, 0.2) is 0 Å². The summed E-state index contributed by atoms with van der Waals surface area (Å²) in [6, 6.07) is 24.0. The summed E-state index contributed by atoms with van der Waals surface area (Å²) < 4.78 is 13.1. The third-order valence-electron chi connectivity index (χ3n) is 5.55. The Balaban J connectivity index is 1.53. The molecule has 2 N–H and O–H groups in total. The fourth-order valence-electron chi connectivity index (χ4n) is 4.00. The largest absolute Gasteiger partial charge is 0.495 e. The Labute approximate surface area is 196 Å². The highest BCUT2D eigenvalue weighted by molar-refractivity contribution is 6.06. The molecule has 4 aromatic rings. The molecule has 0 fully saturated rings. The SMILES string of the molecule is COc1ccccc1NC(=O)C1=C(C)Nc2ncnn2C1c1cccc(Oc2ccccc2)c1. The molecule has 0 saturated heterocycles. The monoisotopic (exact) mass is 453 g/mol. The number of aromatic nitrogens is 3. The molecule has 3 aromatic carbocycles. The molecule has 1 amide bonds. The molecule has 0 bridgehead atoms. The van der Waals surface area contributed by atoms with Crippen LogP contribution in [0.3, 0.4) is 0 Å². The summed E-state index contributed by atoms with van der Waals surface area (Å²) in [7, 11) is 1.57. The zero-order chi connectivity index (χ0) is 23.5. The highest BCUT2D eigenvalue weighted by atomic mass is 16.5. The Hall–Kier alpha value is -4.59. The molecule has 0 saturated carbocycles. The van der Waals surface area contributed by atoms with Crippen LogP contribution in [-0.2, 0) is 4.79 Å². The van der Waals surface area contributed by atoms with Gasteiger partial charge < -0.3 is 20.1 Å². The molecule has 1 unspecified atom stereocenters. The molecule has 170 valence electrons. The zero-order valence-corrected chi connectivity index (χ0v) is 18.7. The first-order valence-corrected chi connectivity index (χ1v) is 10.8. The Morgan fingerprint density at radius 3 is 2.59 bits per heavy atom. The topological polar surface area (TPSA) is 90.3 Å². The van der Waals surface area contributed by atoms with E-state index in [0.29, 0.717) is 34.4 Å². The number of nitrogens with one attached hydrogen (secondary N) is 2. The number of ether oxygens (including phenoxy) is 2. The van der Waals surface area contributed by atoms with E-state index >= 15 is 0 Å². The maximum atomic E-state index is 13.6. The van der Waals surface area contributed by atoms with Gasteiger partial charge in [-0.2, -0.15) is 10.1 Å². The van der Waals surface area contributed by atoms with Crippen molar-refractivity contribution in [3.63, 3.8) is 0 Å². The minimum atomic E-state index is -0.507. The third-order valence-corrected chi connectivity index (χ3v) is 5.55. The van der Waals surface area contributed by atoms with E-state index in [2.05, 4.69) is 20.7 Å². The van der Waals surface area contributed by atoms with E-state index < -0.39 is 6.04 Å². The molecule has 0 aliphatic carbocycles. The fraction of sp³-hybridized carbons (Fsp3) is 0.115. The summed E-state index contributed by atoms with van der Waals surface area (Å²) in [5, 5.41) is 10.6. The van der Waals surface area contributed by atoms with Crippen molar-refractivity contribution in [2.75, 3.05) is 17.7 Å².